The lowest BCUT2D eigenvalue weighted by atomic mass is 10.2. The first kappa shape index (κ1) is 16.2. The Kier molecular flexibility index (Phi) is 8.46. The molecule has 2 heteroatoms. The maximum Gasteiger partial charge on any atom is 0.0906 e. The van der Waals surface area contributed by atoms with Gasteiger partial charge in [-0.15, -0.1) is 0 Å². The van der Waals surface area contributed by atoms with Crippen molar-refractivity contribution in [3.63, 3.8) is 0 Å². The molecule has 0 aromatic rings. The summed E-state index contributed by atoms with van der Waals surface area (Å²) >= 11 is 0. The van der Waals surface area contributed by atoms with Crippen molar-refractivity contribution >= 4 is 7.14 Å². The van der Waals surface area contributed by atoms with E-state index in [9.17, 15) is 4.57 Å². The lowest BCUT2D eigenvalue weighted by Gasteiger charge is -2.26. The van der Waals surface area contributed by atoms with Gasteiger partial charge in [-0.2, -0.15) is 0 Å². The molecular weight excluding hydrogens is 216 g/mol. The molecule has 1 nitrogen and oxygen atoms in total. The average molecular weight is 247 g/mol. The fraction of sp³-hybridized carbons (Fsp3) is 1.00. The van der Waals surface area contributed by atoms with Crippen LogP contribution in [0.5, 0.6) is 0 Å². The molecule has 0 aromatic carbocycles. The maximum absolute atomic E-state index is 12.9. The summed E-state index contributed by atoms with van der Waals surface area (Å²) in [6, 6.07) is 0. The smallest absolute Gasteiger partial charge is 0.0906 e. The minimum Gasteiger partial charge on any atom is -0.323 e. The van der Waals surface area contributed by atoms with E-state index in [0.717, 1.165) is 18.7 Å². The summed E-state index contributed by atoms with van der Waals surface area (Å²) in [5.74, 6) is 0.575. The Bertz CT molecular complexity index is 211. The first-order valence-corrected chi connectivity index (χ1v) is 9.18. The van der Waals surface area contributed by atoms with Crippen LogP contribution in [0.4, 0.5) is 0 Å². The molecular formula is C14H31OP. The molecule has 98 valence electrons. The largest absolute Gasteiger partial charge is 0.323 e. The molecule has 0 aliphatic rings. The molecule has 0 aliphatic heterocycles. The van der Waals surface area contributed by atoms with Gasteiger partial charge >= 0.3 is 0 Å². The molecule has 0 fully saturated rings. The van der Waals surface area contributed by atoms with Gasteiger partial charge in [0.1, 0.15) is 0 Å². The van der Waals surface area contributed by atoms with E-state index >= 15 is 0 Å². The lowest BCUT2D eigenvalue weighted by Crippen LogP contribution is -2.12. The molecule has 2 unspecified atom stereocenters. The van der Waals surface area contributed by atoms with E-state index in [2.05, 4.69) is 34.6 Å². The van der Waals surface area contributed by atoms with Crippen LogP contribution in [0.25, 0.3) is 0 Å². The van der Waals surface area contributed by atoms with Gasteiger partial charge in [-0.25, -0.2) is 0 Å². The van der Waals surface area contributed by atoms with Crippen LogP contribution < -0.4 is 0 Å². The molecule has 0 saturated carbocycles. The van der Waals surface area contributed by atoms with Crippen molar-refractivity contribution in [1.29, 1.82) is 0 Å². The highest BCUT2D eigenvalue weighted by Gasteiger charge is 2.28. The third-order valence-electron chi connectivity index (χ3n) is 3.46. The van der Waals surface area contributed by atoms with E-state index < -0.39 is 7.14 Å². The van der Waals surface area contributed by atoms with Crippen LogP contribution in [0, 0.1) is 5.92 Å². The van der Waals surface area contributed by atoms with Gasteiger partial charge in [0.25, 0.3) is 0 Å². The van der Waals surface area contributed by atoms with Crippen LogP contribution in [0.3, 0.4) is 0 Å². The van der Waals surface area contributed by atoms with Crippen molar-refractivity contribution in [1.82, 2.24) is 0 Å². The average Bonchev–Trinajstić information content (AvgIpc) is 2.22. The number of hydrogen-bond donors (Lipinski definition) is 0. The first-order valence-electron chi connectivity index (χ1n) is 7.04. The summed E-state index contributed by atoms with van der Waals surface area (Å²) in [7, 11) is -1.91. The van der Waals surface area contributed by atoms with Crippen molar-refractivity contribution in [3.05, 3.63) is 0 Å². The summed E-state index contributed by atoms with van der Waals surface area (Å²) < 4.78 is 12.9. The number of hydrogen-bond acceptors (Lipinski definition) is 1. The highest BCUT2D eigenvalue weighted by molar-refractivity contribution is 7.64. The molecule has 16 heavy (non-hydrogen) atoms. The quantitative estimate of drug-likeness (QED) is 0.394. The molecule has 0 heterocycles. The Morgan fingerprint density at radius 2 is 1.62 bits per heavy atom. The molecule has 0 rings (SSSR count). The summed E-state index contributed by atoms with van der Waals surface area (Å²) in [5, 5.41) is 0. The molecule has 0 aliphatic carbocycles. The Balaban J connectivity index is 4.25. The molecule has 0 saturated heterocycles. The second-order valence-corrected chi connectivity index (χ2v) is 9.17. The molecule has 0 N–H and O–H groups in total. The molecule has 0 aromatic heterocycles. The van der Waals surface area contributed by atoms with E-state index in [1.807, 2.05) is 0 Å². The topological polar surface area (TPSA) is 17.1 Å². The zero-order valence-electron chi connectivity index (χ0n) is 12.0. The van der Waals surface area contributed by atoms with Crippen LogP contribution in [0.2, 0.25) is 0 Å². The number of rotatable bonds is 9. The molecule has 0 bridgehead atoms. The number of unbranched alkanes of at least 4 members (excludes halogenated alkanes) is 3. The van der Waals surface area contributed by atoms with Crippen molar-refractivity contribution in [2.24, 2.45) is 5.92 Å². The van der Waals surface area contributed by atoms with Gasteiger partial charge in [0, 0.05) is 18.0 Å². The minimum absolute atomic E-state index is 0.427. The minimum atomic E-state index is -1.91. The van der Waals surface area contributed by atoms with Crippen LogP contribution in [-0.4, -0.2) is 18.0 Å². The standard InChI is InChI=1S/C14H31OP/c1-6-8-9-10-11-16(15,12-13(3)4)14(5)7-2/h13-14H,6-12H2,1-5H3/i16+1. The second-order valence-electron chi connectivity index (χ2n) is 5.57. The van der Waals surface area contributed by atoms with E-state index in [4.69, 9.17) is 0 Å². The predicted octanol–water partition coefficient (Wildman–Crippen LogP) is 5.38. The van der Waals surface area contributed by atoms with Crippen LogP contribution in [-0.2, 0) is 4.57 Å². The summed E-state index contributed by atoms with van der Waals surface area (Å²) in [5.41, 5.74) is 0.427. The summed E-state index contributed by atoms with van der Waals surface area (Å²) in [4.78, 5) is 0. The van der Waals surface area contributed by atoms with Crippen molar-refractivity contribution in [2.45, 2.75) is 72.4 Å². The monoisotopic (exact) mass is 247 g/mol. The predicted molar refractivity (Wildman–Crippen MR) is 76.1 cm³/mol. The van der Waals surface area contributed by atoms with Crippen molar-refractivity contribution in [3.8, 4) is 0 Å². The highest BCUT2D eigenvalue weighted by atomic mass is 32.2. The summed E-state index contributed by atoms with van der Waals surface area (Å²) in [6.07, 6.45) is 7.99. The Labute approximate surface area is 103 Å². The van der Waals surface area contributed by atoms with Gasteiger partial charge in [-0.3, -0.25) is 0 Å². The molecule has 0 spiro atoms. The Morgan fingerprint density at radius 1 is 1.00 bits per heavy atom. The van der Waals surface area contributed by atoms with Crippen molar-refractivity contribution < 1.29 is 4.57 Å². The van der Waals surface area contributed by atoms with Gasteiger partial charge in [0.05, 0.1) is 7.14 Å². The second kappa shape index (κ2) is 8.34. The maximum atomic E-state index is 12.9. The van der Waals surface area contributed by atoms with Gasteiger partial charge in [-0.1, -0.05) is 53.9 Å². The van der Waals surface area contributed by atoms with Crippen LogP contribution in [0.15, 0.2) is 0 Å². The lowest BCUT2D eigenvalue weighted by molar-refractivity contribution is 0.549. The summed E-state index contributed by atoms with van der Waals surface area (Å²) in [6.45, 7) is 11.0. The van der Waals surface area contributed by atoms with E-state index in [1.165, 1.54) is 25.7 Å². The molecule has 0 radical (unpaired) electrons. The van der Waals surface area contributed by atoms with Gasteiger partial charge in [0.15, 0.2) is 0 Å². The van der Waals surface area contributed by atoms with Crippen LogP contribution >= 0.6 is 7.14 Å². The third kappa shape index (κ3) is 6.09. The molecule has 0 amide bonds. The van der Waals surface area contributed by atoms with Crippen LogP contribution in [0.1, 0.15) is 66.7 Å². The van der Waals surface area contributed by atoms with E-state index in [-0.39, 0.29) is 0 Å². The van der Waals surface area contributed by atoms with Crippen molar-refractivity contribution in [2.75, 3.05) is 12.3 Å². The first-order chi connectivity index (χ1) is 7.46. The van der Waals surface area contributed by atoms with Gasteiger partial charge in [-0.05, 0) is 18.8 Å². The van der Waals surface area contributed by atoms with E-state index in [1.54, 1.807) is 0 Å². The fourth-order valence-corrected chi connectivity index (χ4v) is 5.89. The SMILES string of the molecule is CCCCCC[32P](=O)(CC(C)C)C(C)CC. The highest BCUT2D eigenvalue weighted by Crippen LogP contribution is 2.53. The Hall–Kier alpha value is 0.230. The van der Waals surface area contributed by atoms with Gasteiger partial charge in [0.2, 0.25) is 0 Å². The molecule has 2 atom stereocenters. The van der Waals surface area contributed by atoms with Gasteiger partial charge < -0.3 is 4.57 Å². The Morgan fingerprint density at radius 3 is 2.06 bits per heavy atom. The zero-order chi connectivity index (χ0) is 12.6. The van der Waals surface area contributed by atoms with E-state index in [0.29, 0.717) is 11.6 Å². The zero-order valence-corrected chi connectivity index (χ0v) is 12.9. The fourth-order valence-electron chi connectivity index (χ4n) is 2.25. The normalized spacial score (nSPS) is 17.4. The third-order valence-corrected chi connectivity index (χ3v) is 7.85.